The molecule has 0 saturated heterocycles. The molecule has 1 fully saturated rings. The second-order valence-electron chi connectivity index (χ2n) is 6.89. The smallest absolute Gasteiger partial charge is 0.260 e. The summed E-state index contributed by atoms with van der Waals surface area (Å²) >= 11 is 1.62. The Kier molecular flexibility index (Phi) is 4.21. The number of fused-ring (bicyclic) bond motifs is 1. The van der Waals surface area contributed by atoms with Gasteiger partial charge in [-0.3, -0.25) is 9.69 Å². The molecule has 130 valence electrons. The second-order valence-corrected chi connectivity index (χ2v) is 8.09. The van der Waals surface area contributed by atoms with Crippen molar-refractivity contribution in [3.63, 3.8) is 0 Å². The highest BCUT2D eigenvalue weighted by Gasteiger charge is 2.28. The highest BCUT2D eigenvalue weighted by atomic mass is 32.1. The largest absolute Gasteiger partial charge is 0.309 e. The second kappa shape index (κ2) is 6.39. The number of aryl methyl sites for hydroxylation is 2. The fraction of sp³-hybridized carbons (Fsp3) is 0.400. The Morgan fingerprint density at radius 3 is 2.60 bits per heavy atom. The van der Waals surface area contributed by atoms with Gasteiger partial charge in [0.1, 0.15) is 10.7 Å². The van der Waals surface area contributed by atoms with Crippen molar-refractivity contribution in [3.05, 3.63) is 50.9 Å². The Hall–Kier alpha value is -1.98. The van der Waals surface area contributed by atoms with E-state index in [0.29, 0.717) is 6.04 Å². The molecule has 2 aromatic heterocycles. The molecule has 0 amide bonds. The van der Waals surface area contributed by atoms with Crippen molar-refractivity contribution < 1.29 is 0 Å². The van der Waals surface area contributed by atoms with Crippen LogP contribution in [0, 0.1) is 13.8 Å². The minimum atomic E-state index is -0.0215. The van der Waals surface area contributed by atoms with Gasteiger partial charge < -0.3 is 4.98 Å². The first-order chi connectivity index (χ1) is 12.1. The molecular formula is C20H23N3OS. The number of nitrogens with one attached hydrogen (secondary N) is 1. The van der Waals surface area contributed by atoms with Crippen LogP contribution in [0.15, 0.2) is 29.1 Å². The average Bonchev–Trinajstić information content (AvgIpc) is 3.36. The van der Waals surface area contributed by atoms with E-state index in [1.807, 2.05) is 0 Å². The van der Waals surface area contributed by atoms with Gasteiger partial charge in [0.2, 0.25) is 0 Å². The quantitative estimate of drug-likeness (QED) is 0.746. The number of rotatable bonds is 5. The van der Waals surface area contributed by atoms with Gasteiger partial charge in [0, 0.05) is 16.5 Å². The zero-order valence-electron chi connectivity index (χ0n) is 14.9. The number of hydrogen-bond acceptors (Lipinski definition) is 4. The summed E-state index contributed by atoms with van der Waals surface area (Å²) in [6, 6.07) is 9.01. The average molecular weight is 353 g/mol. The van der Waals surface area contributed by atoms with Crippen LogP contribution in [0.1, 0.15) is 36.0 Å². The van der Waals surface area contributed by atoms with Crippen LogP contribution in [0.25, 0.3) is 21.3 Å². The first-order valence-electron chi connectivity index (χ1n) is 8.90. The van der Waals surface area contributed by atoms with E-state index in [-0.39, 0.29) is 5.56 Å². The highest BCUT2D eigenvalue weighted by Crippen LogP contribution is 2.35. The van der Waals surface area contributed by atoms with Gasteiger partial charge in [-0.05, 0) is 38.8 Å². The van der Waals surface area contributed by atoms with Gasteiger partial charge in [0.15, 0.2) is 0 Å². The SMILES string of the molecule is CCN(Cc1nc2sc(C)c(-c3ccc(C)cc3)c2c(=O)[nH]1)C1CC1. The number of H-pyrrole nitrogens is 1. The molecular weight excluding hydrogens is 330 g/mol. The fourth-order valence-corrected chi connectivity index (χ4v) is 4.50. The van der Waals surface area contributed by atoms with Crippen LogP contribution in [-0.2, 0) is 6.54 Å². The third-order valence-electron chi connectivity index (χ3n) is 4.95. The number of benzene rings is 1. The van der Waals surface area contributed by atoms with Crippen molar-refractivity contribution >= 4 is 21.6 Å². The summed E-state index contributed by atoms with van der Waals surface area (Å²) in [5, 5.41) is 0.726. The molecule has 1 aliphatic rings. The number of thiophene rings is 1. The number of aromatic amines is 1. The monoisotopic (exact) mass is 353 g/mol. The standard InChI is InChI=1S/C20H23N3OS/c1-4-23(15-9-10-15)11-16-21-19(24)18-17(13(3)25-20(18)22-16)14-7-5-12(2)6-8-14/h5-8,15H,4,9-11H2,1-3H3,(H,21,22,24). The topological polar surface area (TPSA) is 49.0 Å². The Balaban J connectivity index is 1.78. The van der Waals surface area contributed by atoms with Gasteiger partial charge in [-0.15, -0.1) is 11.3 Å². The van der Waals surface area contributed by atoms with E-state index in [0.717, 1.165) is 45.1 Å². The molecule has 1 aromatic carbocycles. The molecule has 0 unspecified atom stereocenters. The Morgan fingerprint density at radius 1 is 1.24 bits per heavy atom. The molecule has 0 spiro atoms. The third kappa shape index (κ3) is 3.14. The molecule has 2 heterocycles. The van der Waals surface area contributed by atoms with E-state index in [9.17, 15) is 4.79 Å². The number of aromatic nitrogens is 2. The van der Waals surface area contributed by atoms with Crippen molar-refractivity contribution in [2.24, 2.45) is 0 Å². The minimum absolute atomic E-state index is 0.0215. The maximum Gasteiger partial charge on any atom is 0.260 e. The molecule has 4 rings (SSSR count). The summed E-state index contributed by atoms with van der Waals surface area (Å²) in [6.45, 7) is 8.03. The van der Waals surface area contributed by atoms with E-state index >= 15 is 0 Å². The number of hydrogen-bond donors (Lipinski definition) is 1. The molecule has 1 aliphatic carbocycles. The van der Waals surface area contributed by atoms with Gasteiger partial charge in [-0.25, -0.2) is 4.98 Å². The van der Waals surface area contributed by atoms with E-state index in [4.69, 9.17) is 4.98 Å². The van der Waals surface area contributed by atoms with Crippen LogP contribution in [0.3, 0.4) is 0 Å². The third-order valence-corrected chi connectivity index (χ3v) is 5.95. The molecule has 0 atom stereocenters. The minimum Gasteiger partial charge on any atom is -0.309 e. The molecule has 1 saturated carbocycles. The lowest BCUT2D eigenvalue weighted by molar-refractivity contribution is 0.262. The summed E-state index contributed by atoms with van der Waals surface area (Å²) in [7, 11) is 0. The van der Waals surface area contributed by atoms with Crippen molar-refractivity contribution in [1.82, 2.24) is 14.9 Å². The summed E-state index contributed by atoms with van der Waals surface area (Å²) in [4.78, 5) is 25.0. The van der Waals surface area contributed by atoms with Gasteiger partial charge in [0.25, 0.3) is 5.56 Å². The first kappa shape index (κ1) is 16.5. The van der Waals surface area contributed by atoms with E-state index in [2.05, 4.69) is 54.9 Å². The Bertz CT molecular complexity index is 967. The van der Waals surface area contributed by atoms with E-state index in [1.54, 1.807) is 11.3 Å². The predicted molar refractivity (Wildman–Crippen MR) is 104 cm³/mol. The number of nitrogens with zero attached hydrogens (tertiary/aromatic N) is 2. The summed E-state index contributed by atoms with van der Waals surface area (Å²) in [5.74, 6) is 0.781. The molecule has 0 bridgehead atoms. The fourth-order valence-electron chi connectivity index (χ4n) is 3.44. The maximum atomic E-state index is 12.8. The van der Waals surface area contributed by atoms with E-state index in [1.165, 1.54) is 18.4 Å². The normalized spacial score (nSPS) is 14.6. The van der Waals surface area contributed by atoms with Crippen molar-refractivity contribution in [3.8, 4) is 11.1 Å². The van der Waals surface area contributed by atoms with Crippen molar-refractivity contribution in [2.45, 2.75) is 46.2 Å². The lowest BCUT2D eigenvalue weighted by atomic mass is 10.0. The molecule has 0 radical (unpaired) electrons. The van der Waals surface area contributed by atoms with Crippen LogP contribution in [-0.4, -0.2) is 27.5 Å². The highest BCUT2D eigenvalue weighted by molar-refractivity contribution is 7.19. The van der Waals surface area contributed by atoms with Crippen molar-refractivity contribution in [2.75, 3.05) is 6.54 Å². The van der Waals surface area contributed by atoms with Crippen LogP contribution in [0.2, 0.25) is 0 Å². The predicted octanol–water partition coefficient (Wildman–Crippen LogP) is 4.25. The lowest BCUT2D eigenvalue weighted by Gasteiger charge is -2.18. The zero-order valence-corrected chi connectivity index (χ0v) is 15.7. The summed E-state index contributed by atoms with van der Waals surface area (Å²) < 4.78 is 0. The molecule has 25 heavy (non-hydrogen) atoms. The Morgan fingerprint density at radius 2 is 1.96 bits per heavy atom. The van der Waals surface area contributed by atoms with Crippen LogP contribution < -0.4 is 5.56 Å². The molecule has 1 N–H and O–H groups in total. The molecule has 0 aliphatic heterocycles. The summed E-state index contributed by atoms with van der Waals surface area (Å²) in [5.41, 5.74) is 3.30. The van der Waals surface area contributed by atoms with Crippen LogP contribution in [0.4, 0.5) is 0 Å². The van der Waals surface area contributed by atoms with Gasteiger partial charge in [-0.2, -0.15) is 0 Å². The maximum absolute atomic E-state index is 12.8. The van der Waals surface area contributed by atoms with Crippen LogP contribution in [0.5, 0.6) is 0 Å². The lowest BCUT2D eigenvalue weighted by Crippen LogP contribution is -2.27. The van der Waals surface area contributed by atoms with Gasteiger partial charge in [-0.1, -0.05) is 36.8 Å². The van der Waals surface area contributed by atoms with Crippen molar-refractivity contribution in [1.29, 1.82) is 0 Å². The zero-order chi connectivity index (χ0) is 17.6. The first-order valence-corrected chi connectivity index (χ1v) is 9.72. The Labute approximate surface area is 151 Å². The molecule has 4 nitrogen and oxygen atoms in total. The summed E-state index contributed by atoms with van der Waals surface area (Å²) in [6.07, 6.45) is 2.52. The van der Waals surface area contributed by atoms with Crippen LogP contribution >= 0.6 is 11.3 Å². The molecule has 3 aromatic rings. The van der Waals surface area contributed by atoms with Gasteiger partial charge in [0.05, 0.1) is 11.9 Å². The van der Waals surface area contributed by atoms with Gasteiger partial charge >= 0.3 is 0 Å². The molecule has 5 heteroatoms. The van der Waals surface area contributed by atoms with E-state index < -0.39 is 0 Å².